The van der Waals surface area contributed by atoms with Crippen molar-refractivity contribution in [3.63, 3.8) is 0 Å². The molecule has 0 radical (unpaired) electrons. The first-order chi connectivity index (χ1) is 5.68. The number of nitriles is 1. The first kappa shape index (κ1) is 8.78. The standard InChI is InChI=1S/C7H10N2O3/c8-6-7(12-9(10)11)4-2-1-3-5-7/h1-5H2. The molecule has 1 aliphatic rings. The van der Waals surface area contributed by atoms with Crippen LogP contribution in [0.4, 0.5) is 0 Å². The van der Waals surface area contributed by atoms with Gasteiger partial charge in [0.05, 0.1) is 6.07 Å². The normalized spacial score (nSPS) is 20.9. The molecule has 1 fully saturated rings. The van der Waals surface area contributed by atoms with Gasteiger partial charge in [0.25, 0.3) is 5.09 Å². The molecule has 0 aromatic rings. The summed E-state index contributed by atoms with van der Waals surface area (Å²) in [5, 5.41) is 17.9. The highest BCUT2D eigenvalue weighted by molar-refractivity contribution is 5.02. The van der Waals surface area contributed by atoms with Gasteiger partial charge in [-0.05, 0) is 25.7 Å². The van der Waals surface area contributed by atoms with Crippen LogP contribution >= 0.6 is 0 Å². The third kappa shape index (κ3) is 1.84. The second-order valence-corrected chi connectivity index (χ2v) is 2.98. The average molecular weight is 170 g/mol. The zero-order valence-electron chi connectivity index (χ0n) is 6.65. The summed E-state index contributed by atoms with van der Waals surface area (Å²) in [5.74, 6) is 0. The van der Waals surface area contributed by atoms with Crippen LogP contribution in [0.15, 0.2) is 0 Å². The lowest BCUT2D eigenvalue weighted by Gasteiger charge is -2.27. The Hall–Kier alpha value is -1.31. The highest BCUT2D eigenvalue weighted by atomic mass is 17.0. The van der Waals surface area contributed by atoms with E-state index in [4.69, 9.17) is 5.26 Å². The lowest BCUT2D eigenvalue weighted by Crippen LogP contribution is -2.35. The first-order valence-electron chi connectivity index (χ1n) is 3.93. The van der Waals surface area contributed by atoms with Gasteiger partial charge in [-0.3, -0.25) is 4.84 Å². The van der Waals surface area contributed by atoms with Crippen LogP contribution < -0.4 is 0 Å². The van der Waals surface area contributed by atoms with Gasteiger partial charge in [-0.25, -0.2) is 0 Å². The van der Waals surface area contributed by atoms with Crippen LogP contribution in [0, 0.1) is 21.4 Å². The highest BCUT2D eigenvalue weighted by Crippen LogP contribution is 2.30. The lowest BCUT2D eigenvalue weighted by molar-refractivity contribution is -0.777. The molecular weight excluding hydrogens is 160 g/mol. The van der Waals surface area contributed by atoms with Crippen LogP contribution in [0.1, 0.15) is 32.1 Å². The number of nitrogens with zero attached hydrogens (tertiary/aromatic N) is 2. The van der Waals surface area contributed by atoms with Gasteiger partial charge in [-0.15, -0.1) is 10.1 Å². The van der Waals surface area contributed by atoms with Gasteiger partial charge in [0.1, 0.15) is 0 Å². The van der Waals surface area contributed by atoms with E-state index < -0.39 is 10.7 Å². The van der Waals surface area contributed by atoms with Gasteiger partial charge in [-0.1, -0.05) is 6.42 Å². The first-order valence-corrected chi connectivity index (χ1v) is 3.93. The molecule has 0 amide bonds. The van der Waals surface area contributed by atoms with Crippen molar-refractivity contribution in [2.75, 3.05) is 0 Å². The van der Waals surface area contributed by atoms with Gasteiger partial charge in [0.15, 0.2) is 0 Å². The molecule has 0 aromatic heterocycles. The van der Waals surface area contributed by atoms with Crippen LogP contribution in [0.5, 0.6) is 0 Å². The topological polar surface area (TPSA) is 76.2 Å². The van der Waals surface area contributed by atoms with Crippen molar-refractivity contribution in [2.45, 2.75) is 37.7 Å². The predicted molar refractivity (Wildman–Crippen MR) is 39.5 cm³/mol. The van der Waals surface area contributed by atoms with E-state index in [0.717, 1.165) is 19.3 Å². The van der Waals surface area contributed by atoms with Gasteiger partial charge in [0, 0.05) is 0 Å². The average Bonchev–Trinajstić information content (AvgIpc) is 2.05. The van der Waals surface area contributed by atoms with Crippen molar-refractivity contribution < 1.29 is 9.92 Å². The third-order valence-electron chi connectivity index (χ3n) is 2.11. The maximum Gasteiger partial charge on any atom is 0.296 e. The molecule has 5 heteroatoms. The molecule has 0 N–H and O–H groups in total. The Bertz CT molecular complexity index is 215. The molecule has 0 spiro atoms. The molecule has 0 saturated heterocycles. The fourth-order valence-electron chi connectivity index (χ4n) is 1.49. The summed E-state index contributed by atoms with van der Waals surface area (Å²) in [7, 11) is 0. The Morgan fingerprint density at radius 1 is 1.42 bits per heavy atom. The Morgan fingerprint density at radius 2 is 2.00 bits per heavy atom. The lowest BCUT2D eigenvalue weighted by atomic mass is 9.86. The monoisotopic (exact) mass is 170 g/mol. The molecule has 5 nitrogen and oxygen atoms in total. The van der Waals surface area contributed by atoms with E-state index in [1.54, 1.807) is 0 Å². The van der Waals surface area contributed by atoms with Crippen molar-refractivity contribution in [1.82, 2.24) is 0 Å². The SMILES string of the molecule is N#CC1(O[N+](=O)[O-])CCCCC1. The Balaban J connectivity index is 2.61. The fraction of sp³-hybridized carbons (Fsp3) is 0.857. The maximum atomic E-state index is 10.1. The summed E-state index contributed by atoms with van der Waals surface area (Å²) >= 11 is 0. The predicted octanol–water partition coefficient (Wildman–Crippen LogP) is 1.42. The smallest absolute Gasteiger partial charge is 0.292 e. The quantitative estimate of drug-likeness (QED) is 0.464. The van der Waals surface area contributed by atoms with Crippen molar-refractivity contribution in [3.05, 3.63) is 10.1 Å². The molecule has 1 aliphatic carbocycles. The molecule has 0 heterocycles. The largest absolute Gasteiger partial charge is 0.296 e. The van der Waals surface area contributed by atoms with E-state index in [1.807, 2.05) is 6.07 Å². The molecule has 12 heavy (non-hydrogen) atoms. The number of rotatable bonds is 2. The summed E-state index contributed by atoms with van der Waals surface area (Å²) in [6, 6.07) is 1.88. The Labute approximate surface area is 70.0 Å². The molecule has 0 atom stereocenters. The zero-order valence-corrected chi connectivity index (χ0v) is 6.65. The van der Waals surface area contributed by atoms with Crippen LogP contribution in [-0.4, -0.2) is 10.7 Å². The minimum absolute atomic E-state index is 0.477. The second-order valence-electron chi connectivity index (χ2n) is 2.98. The van der Waals surface area contributed by atoms with E-state index in [1.165, 1.54) is 0 Å². The summed E-state index contributed by atoms with van der Waals surface area (Å²) < 4.78 is 0. The van der Waals surface area contributed by atoms with Gasteiger partial charge >= 0.3 is 0 Å². The molecular formula is C7H10N2O3. The van der Waals surface area contributed by atoms with Crippen LogP contribution in [0.3, 0.4) is 0 Å². The highest BCUT2D eigenvalue weighted by Gasteiger charge is 2.36. The second kappa shape index (κ2) is 3.39. The maximum absolute atomic E-state index is 10.1. The van der Waals surface area contributed by atoms with Crippen LogP contribution in [0.2, 0.25) is 0 Å². The summed E-state index contributed by atoms with van der Waals surface area (Å²) in [4.78, 5) is 14.5. The summed E-state index contributed by atoms with van der Waals surface area (Å²) in [6.45, 7) is 0. The third-order valence-corrected chi connectivity index (χ3v) is 2.11. The van der Waals surface area contributed by atoms with Crippen molar-refractivity contribution in [3.8, 4) is 6.07 Å². The van der Waals surface area contributed by atoms with Crippen molar-refractivity contribution in [1.29, 1.82) is 5.26 Å². The fourth-order valence-corrected chi connectivity index (χ4v) is 1.49. The molecule has 66 valence electrons. The van der Waals surface area contributed by atoms with Gasteiger partial charge < -0.3 is 0 Å². The number of hydrogen-bond donors (Lipinski definition) is 0. The van der Waals surface area contributed by atoms with E-state index in [-0.39, 0.29) is 0 Å². The summed E-state index contributed by atoms with van der Waals surface area (Å²) in [6.07, 6.45) is 3.66. The van der Waals surface area contributed by atoms with Gasteiger partial charge in [0.2, 0.25) is 5.60 Å². The van der Waals surface area contributed by atoms with E-state index >= 15 is 0 Å². The van der Waals surface area contributed by atoms with Crippen LogP contribution in [0.25, 0.3) is 0 Å². The van der Waals surface area contributed by atoms with E-state index in [0.29, 0.717) is 12.8 Å². The van der Waals surface area contributed by atoms with Crippen LogP contribution in [-0.2, 0) is 4.84 Å². The molecule has 0 bridgehead atoms. The molecule has 1 rings (SSSR count). The minimum atomic E-state index is -1.15. The molecule has 0 aliphatic heterocycles. The molecule has 0 aromatic carbocycles. The molecule has 0 unspecified atom stereocenters. The minimum Gasteiger partial charge on any atom is -0.292 e. The van der Waals surface area contributed by atoms with Crippen molar-refractivity contribution >= 4 is 0 Å². The Kier molecular flexibility index (Phi) is 2.48. The van der Waals surface area contributed by atoms with Gasteiger partial charge in [-0.2, -0.15) is 5.26 Å². The Morgan fingerprint density at radius 3 is 2.42 bits per heavy atom. The molecule has 1 saturated carbocycles. The van der Waals surface area contributed by atoms with Crippen molar-refractivity contribution in [2.24, 2.45) is 0 Å². The zero-order chi connectivity index (χ0) is 9.03. The van der Waals surface area contributed by atoms with E-state index in [9.17, 15) is 10.1 Å². The number of hydrogen-bond acceptors (Lipinski definition) is 4. The van der Waals surface area contributed by atoms with E-state index in [2.05, 4.69) is 4.84 Å². The summed E-state index contributed by atoms with van der Waals surface area (Å²) in [5.41, 5.74) is -1.15.